The van der Waals surface area contributed by atoms with Crippen molar-refractivity contribution in [3.8, 4) is 5.75 Å². The molecule has 2 rings (SSSR count). The minimum absolute atomic E-state index is 0.0114. The number of phenolic OH excluding ortho intramolecular Hbond substituents is 1. The molecule has 0 radical (unpaired) electrons. The summed E-state index contributed by atoms with van der Waals surface area (Å²) in [5, 5.41) is 14.3. The van der Waals surface area contributed by atoms with Gasteiger partial charge in [0.1, 0.15) is 5.75 Å². The van der Waals surface area contributed by atoms with E-state index in [1.165, 1.54) is 17.0 Å². The van der Waals surface area contributed by atoms with Crippen LogP contribution in [0.3, 0.4) is 0 Å². The molecule has 0 fully saturated rings. The Hall–Kier alpha value is -1.52. The molecule has 1 heterocycles. The zero-order valence-corrected chi connectivity index (χ0v) is 11.8. The Labute approximate surface area is 120 Å². The summed E-state index contributed by atoms with van der Waals surface area (Å²) in [6.07, 6.45) is 2.20. The Balaban J connectivity index is 1.79. The highest BCUT2D eigenvalue weighted by Crippen LogP contribution is 2.26. The fourth-order valence-corrected chi connectivity index (χ4v) is 2.62. The molecule has 0 spiro atoms. The monoisotopic (exact) mass is 295 g/mol. The molecule has 19 heavy (non-hydrogen) atoms. The van der Waals surface area contributed by atoms with E-state index in [4.69, 9.17) is 11.6 Å². The summed E-state index contributed by atoms with van der Waals surface area (Å²) < 4.78 is 0. The van der Waals surface area contributed by atoms with Crippen molar-refractivity contribution in [2.45, 2.75) is 19.3 Å². The second-order valence-electron chi connectivity index (χ2n) is 4.15. The second-order valence-corrected chi connectivity index (χ2v) is 5.59. The van der Waals surface area contributed by atoms with E-state index in [0.717, 1.165) is 12.8 Å². The van der Waals surface area contributed by atoms with E-state index in [9.17, 15) is 9.90 Å². The summed E-state index contributed by atoms with van der Waals surface area (Å²) >= 11 is 7.47. The minimum atomic E-state index is -0.0432. The molecule has 100 valence electrons. The normalized spacial score (nSPS) is 10.4. The van der Waals surface area contributed by atoms with Crippen molar-refractivity contribution in [2.24, 2.45) is 0 Å². The van der Waals surface area contributed by atoms with Crippen molar-refractivity contribution in [2.75, 3.05) is 5.32 Å². The topological polar surface area (TPSA) is 49.3 Å². The first-order valence-corrected chi connectivity index (χ1v) is 7.21. The molecule has 0 saturated carbocycles. The van der Waals surface area contributed by atoms with Gasteiger partial charge in [-0.2, -0.15) is 0 Å². The molecule has 0 bridgehead atoms. The van der Waals surface area contributed by atoms with Gasteiger partial charge in [0.25, 0.3) is 0 Å². The van der Waals surface area contributed by atoms with Gasteiger partial charge < -0.3 is 10.4 Å². The maximum atomic E-state index is 11.7. The molecule has 1 aromatic carbocycles. The number of phenols is 1. The summed E-state index contributed by atoms with van der Waals surface area (Å²) in [5.41, 5.74) is 0.601. The third-order valence-corrected chi connectivity index (χ3v) is 3.88. The molecule has 2 aromatic rings. The minimum Gasteiger partial charge on any atom is -0.506 e. The van der Waals surface area contributed by atoms with Gasteiger partial charge in [-0.15, -0.1) is 11.3 Å². The maximum Gasteiger partial charge on any atom is 0.224 e. The van der Waals surface area contributed by atoms with Crippen molar-refractivity contribution in [3.05, 3.63) is 45.6 Å². The maximum absolute atomic E-state index is 11.7. The van der Waals surface area contributed by atoms with Gasteiger partial charge >= 0.3 is 0 Å². The summed E-state index contributed by atoms with van der Waals surface area (Å²) in [7, 11) is 0. The highest BCUT2D eigenvalue weighted by molar-refractivity contribution is 7.09. The van der Waals surface area contributed by atoms with Gasteiger partial charge in [-0.25, -0.2) is 0 Å². The molecule has 1 amide bonds. The van der Waals surface area contributed by atoms with Gasteiger partial charge in [0.05, 0.1) is 5.02 Å². The van der Waals surface area contributed by atoms with Crippen LogP contribution in [0.1, 0.15) is 17.7 Å². The van der Waals surface area contributed by atoms with E-state index < -0.39 is 0 Å². The van der Waals surface area contributed by atoms with Crippen LogP contribution in [0, 0.1) is 0 Å². The molecule has 1 aromatic heterocycles. The number of hydrogen-bond acceptors (Lipinski definition) is 3. The third kappa shape index (κ3) is 4.26. The molecule has 0 aliphatic rings. The summed E-state index contributed by atoms with van der Waals surface area (Å²) in [4.78, 5) is 13.0. The van der Waals surface area contributed by atoms with Gasteiger partial charge in [0, 0.05) is 17.0 Å². The summed E-state index contributed by atoms with van der Waals surface area (Å²) in [5.74, 6) is -0.0318. The van der Waals surface area contributed by atoms with Crippen LogP contribution in [0.25, 0.3) is 0 Å². The zero-order valence-electron chi connectivity index (χ0n) is 10.2. The molecule has 5 heteroatoms. The van der Waals surface area contributed by atoms with Crippen LogP contribution < -0.4 is 5.32 Å². The van der Waals surface area contributed by atoms with Crippen molar-refractivity contribution in [1.82, 2.24) is 0 Å². The number of carbonyl (C=O) groups excluding carboxylic acids is 1. The van der Waals surface area contributed by atoms with E-state index in [0.29, 0.717) is 12.1 Å². The largest absolute Gasteiger partial charge is 0.506 e. The van der Waals surface area contributed by atoms with Crippen LogP contribution in [0.4, 0.5) is 5.69 Å². The zero-order chi connectivity index (χ0) is 13.7. The predicted octanol–water partition coefficient (Wildman–Crippen LogP) is 4.07. The number of aryl methyl sites for hydroxylation is 1. The Morgan fingerprint density at radius 2 is 2.21 bits per heavy atom. The Morgan fingerprint density at radius 3 is 2.89 bits per heavy atom. The van der Waals surface area contributed by atoms with E-state index in [1.54, 1.807) is 17.4 Å². The molecule has 0 atom stereocenters. The number of nitrogens with one attached hydrogen (secondary N) is 1. The van der Waals surface area contributed by atoms with Crippen LogP contribution in [0.2, 0.25) is 5.02 Å². The first-order chi connectivity index (χ1) is 9.15. The number of hydrogen-bond donors (Lipinski definition) is 2. The lowest BCUT2D eigenvalue weighted by Gasteiger charge is -2.06. The average molecular weight is 296 g/mol. The summed E-state index contributed by atoms with van der Waals surface area (Å²) in [6, 6.07) is 8.71. The van der Waals surface area contributed by atoms with Crippen molar-refractivity contribution >= 4 is 34.5 Å². The highest BCUT2D eigenvalue weighted by atomic mass is 35.5. The number of aromatic hydroxyl groups is 1. The van der Waals surface area contributed by atoms with Gasteiger partial charge in [-0.3, -0.25) is 4.79 Å². The lowest BCUT2D eigenvalue weighted by molar-refractivity contribution is -0.116. The first kappa shape index (κ1) is 13.9. The van der Waals surface area contributed by atoms with Crippen LogP contribution in [-0.2, 0) is 11.2 Å². The van der Waals surface area contributed by atoms with E-state index in [2.05, 4.69) is 11.4 Å². The van der Waals surface area contributed by atoms with Crippen LogP contribution in [0.5, 0.6) is 5.75 Å². The second kappa shape index (κ2) is 6.59. The molecule has 0 unspecified atom stereocenters. The van der Waals surface area contributed by atoms with Crippen LogP contribution in [0.15, 0.2) is 35.7 Å². The number of carbonyl (C=O) groups is 1. The van der Waals surface area contributed by atoms with Gasteiger partial charge in [-0.05, 0) is 42.5 Å². The Morgan fingerprint density at radius 1 is 1.37 bits per heavy atom. The van der Waals surface area contributed by atoms with Gasteiger partial charge in [0.2, 0.25) is 5.91 Å². The molecule has 0 aliphatic carbocycles. The van der Waals surface area contributed by atoms with Gasteiger partial charge in [0.15, 0.2) is 0 Å². The predicted molar refractivity (Wildman–Crippen MR) is 79.0 cm³/mol. The molecule has 0 aliphatic heterocycles. The number of anilines is 1. The van der Waals surface area contributed by atoms with Crippen LogP contribution in [-0.4, -0.2) is 11.0 Å². The number of benzene rings is 1. The lowest BCUT2D eigenvalue weighted by atomic mass is 10.2. The van der Waals surface area contributed by atoms with Crippen LogP contribution >= 0.6 is 22.9 Å². The molecular formula is C14H14ClNO2S. The van der Waals surface area contributed by atoms with E-state index >= 15 is 0 Å². The number of halogens is 1. The molecule has 2 N–H and O–H groups in total. The lowest BCUT2D eigenvalue weighted by Crippen LogP contribution is -2.11. The standard InChI is InChI=1S/C14H14ClNO2S/c15-12-9-10(6-7-13(12)17)16-14(18)5-1-3-11-4-2-8-19-11/h2,4,6-9,17H,1,3,5H2,(H,16,18). The number of amides is 1. The third-order valence-electron chi connectivity index (χ3n) is 2.64. The molecular weight excluding hydrogens is 282 g/mol. The van der Waals surface area contributed by atoms with E-state index in [1.807, 2.05) is 11.4 Å². The quantitative estimate of drug-likeness (QED) is 0.817. The smallest absolute Gasteiger partial charge is 0.224 e. The fourth-order valence-electron chi connectivity index (χ4n) is 1.69. The molecule has 3 nitrogen and oxygen atoms in total. The Kier molecular flexibility index (Phi) is 4.82. The van der Waals surface area contributed by atoms with Crippen molar-refractivity contribution in [3.63, 3.8) is 0 Å². The fraction of sp³-hybridized carbons (Fsp3) is 0.214. The molecule has 0 saturated heterocycles. The van der Waals surface area contributed by atoms with Gasteiger partial charge in [-0.1, -0.05) is 17.7 Å². The first-order valence-electron chi connectivity index (χ1n) is 5.96. The highest BCUT2D eigenvalue weighted by Gasteiger charge is 2.05. The van der Waals surface area contributed by atoms with Crippen molar-refractivity contribution < 1.29 is 9.90 Å². The summed E-state index contributed by atoms with van der Waals surface area (Å²) in [6.45, 7) is 0. The van der Waals surface area contributed by atoms with E-state index in [-0.39, 0.29) is 16.7 Å². The Bertz CT molecular complexity index is 555. The number of thiophene rings is 1. The average Bonchev–Trinajstić information content (AvgIpc) is 2.87. The SMILES string of the molecule is O=C(CCCc1cccs1)Nc1ccc(O)c(Cl)c1. The number of rotatable bonds is 5. The van der Waals surface area contributed by atoms with Crippen molar-refractivity contribution in [1.29, 1.82) is 0 Å².